The number of anilines is 1. The summed E-state index contributed by atoms with van der Waals surface area (Å²) in [5.41, 5.74) is 2.89. The molecule has 4 rings (SSSR count). The predicted octanol–water partition coefficient (Wildman–Crippen LogP) is 3.65. The number of hydrogen-bond acceptors (Lipinski definition) is 5. The molecule has 0 saturated carbocycles. The van der Waals surface area contributed by atoms with Gasteiger partial charge in [0.25, 0.3) is 11.8 Å². The maximum absolute atomic E-state index is 13.5. The third-order valence-electron chi connectivity index (χ3n) is 6.06. The van der Waals surface area contributed by atoms with Crippen molar-refractivity contribution in [3.8, 4) is 0 Å². The molecule has 0 aliphatic carbocycles. The Labute approximate surface area is 194 Å². The summed E-state index contributed by atoms with van der Waals surface area (Å²) in [4.78, 5) is 30.1. The van der Waals surface area contributed by atoms with E-state index in [0.717, 1.165) is 13.1 Å². The maximum atomic E-state index is 13.5. The number of amides is 2. The van der Waals surface area contributed by atoms with E-state index in [1.54, 1.807) is 0 Å². The minimum absolute atomic E-state index is 0.00645. The predicted molar refractivity (Wildman–Crippen MR) is 126 cm³/mol. The van der Waals surface area contributed by atoms with E-state index in [4.69, 9.17) is 4.74 Å². The number of rotatable bonds is 6. The Morgan fingerprint density at radius 3 is 2.15 bits per heavy atom. The highest BCUT2D eigenvalue weighted by molar-refractivity contribution is 6.36. The lowest BCUT2D eigenvalue weighted by atomic mass is 9.87. The Morgan fingerprint density at radius 2 is 1.55 bits per heavy atom. The minimum atomic E-state index is -0.396. The van der Waals surface area contributed by atoms with Crippen LogP contribution in [0, 0.1) is 5.82 Å². The van der Waals surface area contributed by atoms with Gasteiger partial charge in [0.2, 0.25) is 0 Å². The molecule has 2 amide bonds. The first-order valence-corrected chi connectivity index (χ1v) is 11.3. The van der Waals surface area contributed by atoms with Crippen molar-refractivity contribution in [3.05, 3.63) is 71.2 Å². The van der Waals surface area contributed by atoms with E-state index in [2.05, 4.69) is 31.0 Å². The van der Waals surface area contributed by atoms with Gasteiger partial charge in [-0.25, -0.2) is 4.39 Å². The Morgan fingerprint density at radius 1 is 0.909 bits per heavy atom. The first-order chi connectivity index (χ1) is 15.7. The molecule has 1 saturated heterocycles. The molecule has 1 N–H and O–H groups in total. The first kappa shape index (κ1) is 23.1. The van der Waals surface area contributed by atoms with E-state index in [1.807, 2.05) is 24.3 Å². The van der Waals surface area contributed by atoms with Crippen LogP contribution in [0.3, 0.4) is 0 Å². The van der Waals surface area contributed by atoms with Gasteiger partial charge in [0.1, 0.15) is 11.5 Å². The molecule has 1 fully saturated rings. The fraction of sp³-hybridized carbons (Fsp3) is 0.385. The van der Waals surface area contributed by atoms with Crippen LogP contribution in [0.5, 0.6) is 0 Å². The molecule has 0 radical (unpaired) electrons. The zero-order valence-corrected chi connectivity index (χ0v) is 19.4. The molecule has 0 spiro atoms. The molecule has 2 aliphatic heterocycles. The molecular formula is C26H30FN3O3. The van der Waals surface area contributed by atoms with E-state index < -0.39 is 5.82 Å². The van der Waals surface area contributed by atoms with Gasteiger partial charge in [-0.2, -0.15) is 0 Å². The minimum Gasteiger partial charge on any atom is -0.379 e. The second kappa shape index (κ2) is 9.45. The second-order valence-corrected chi connectivity index (χ2v) is 9.43. The number of ether oxygens (including phenoxy) is 1. The van der Waals surface area contributed by atoms with Crippen LogP contribution in [0.2, 0.25) is 0 Å². The lowest BCUT2D eigenvalue weighted by Gasteiger charge is -2.28. The van der Waals surface area contributed by atoms with E-state index >= 15 is 0 Å². The number of nitrogens with zero attached hydrogens (tertiary/aromatic N) is 2. The Kier molecular flexibility index (Phi) is 6.63. The van der Waals surface area contributed by atoms with Gasteiger partial charge < -0.3 is 10.1 Å². The molecule has 174 valence electrons. The topological polar surface area (TPSA) is 61.9 Å². The summed E-state index contributed by atoms with van der Waals surface area (Å²) in [7, 11) is 0. The van der Waals surface area contributed by atoms with E-state index in [0.29, 0.717) is 31.0 Å². The fourth-order valence-electron chi connectivity index (χ4n) is 4.04. The van der Waals surface area contributed by atoms with Crippen molar-refractivity contribution in [1.82, 2.24) is 9.80 Å². The lowest BCUT2D eigenvalue weighted by Crippen LogP contribution is -2.43. The van der Waals surface area contributed by atoms with Gasteiger partial charge in [-0.1, -0.05) is 45.0 Å². The van der Waals surface area contributed by atoms with Crippen molar-refractivity contribution in [1.29, 1.82) is 0 Å². The van der Waals surface area contributed by atoms with Crippen LogP contribution in [0.15, 0.2) is 54.2 Å². The average molecular weight is 452 g/mol. The van der Waals surface area contributed by atoms with Gasteiger partial charge in [0.15, 0.2) is 0 Å². The number of imide groups is 1. The monoisotopic (exact) mass is 451 g/mol. The Bertz CT molecular complexity index is 1050. The summed E-state index contributed by atoms with van der Waals surface area (Å²) >= 11 is 0. The number of carbonyl (C=O) groups excluding carboxylic acids is 2. The van der Waals surface area contributed by atoms with Crippen LogP contribution < -0.4 is 5.32 Å². The van der Waals surface area contributed by atoms with Gasteiger partial charge in [0, 0.05) is 31.9 Å². The summed E-state index contributed by atoms with van der Waals surface area (Å²) in [5.74, 6) is -1.13. The number of benzene rings is 2. The van der Waals surface area contributed by atoms with Gasteiger partial charge >= 0.3 is 0 Å². The SMILES string of the molecule is CC(C)(C)c1ccc(NC2=C(c3ccc(F)cc3)C(=O)N(CCN3CCOCC3)C2=O)cc1. The average Bonchev–Trinajstić information content (AvgIpc) is 3.02. The van der Waals surface area contributed by atoms with Crippen molar-refractivity contribution >= 4 is 23.1 Å². The van der Waals surface area contributed by atoms with Crippen LogP contribution >= 0.6 is 0 Å². The molecule has 0 atom stereocenters. The van der Waals surface area contributed by atoms with Crippen molar-refractivity contribution in [2.75, 3.05) is 44.7 Å². The molecular weight excluding hydrogens is 421 g/mol. The van der Waals surface area contributed by atoms with Crippen molar-refractivity contribution in [2.24, 2.45) is 0 Å². The normalized spacial score (nSPS) is 17.8. The molecule has 2 heterocycles. The van der Waals surface area contributed by atoms with E-state index in [-0.39, 0.29) is 35.0 Å². The summed E-state index contributed by atoms with van der Waals surface area (Å²) < 4.78 is 18.9. The van der Waals surface area contributed by atoms with Crippen LogP contribution in [0.1, 0.15) is 31.9 Å². The second-order valence-electron chi connectivity index (χ2n) is 9.43. The van der Waals surface area contributed by atoms with Crippen LogP contribution in [-0.2, 0) is 19.7 Å². The highest BCUT2D eigenvalue weighted by Gasteiger charge is 2.39. The summed E-state index contributed by atoms with van der Waals surface area (Å²) in [6.45, 7) is 10.1. The molecule has 0 aromatic heterocycles. The Hall–Kier alpha value is -3.03. The number of nitrogens with one attached hydrogen (secondary N) is 1. The third-order valence-corrected chi connectivity index (χ3v) is 6.06. The van der Waals surface area contributed by atoms with Crippen molar-refractivity contribution in [3.63, 3.8) is 0 Å². The van der Waals surface area contributed by atoms with Crippen molar-refractivity contribution in [2.45, 2.75) is 26.2 Å². The van der Waals surface area contributed by atoms with Gasteiger partial charge in [-0.3, -0.25) is 19.4 Å². The van der Waals surface area contributed by atoms with Gasteiger partial charge in [0.05, 0.1) is 18.8 Å². The highest BCUT2D eigenvalue weighted by Crippen LogP contribution is 2.31. The largest absolute Gasteiger partial charge is 0.379 e. The number of carbonyl (C=O) groups is 2. The summed E-state index contributed by atoms with van der Waals surface area (Å²) in [6.07, 6.45) is 0. The van der Waals surface area contributed by atoms with Crippen LogP contribution in [0.25, 0.3) is 5.57 Å². The molecule has 7 heteroatoms. The highest BCUT2D eigenvalue weighted by atomic mass is 19.1. The zero-order chi connectivity index (χ0) is 23.6. The molecule has 33 heavy (non-hydrogen) atoms. The van der Waals surface area contributed by atoms with Crippen LogP contribution in [-0.4, -0.2) is 61.0 Å². The Balaban J connectivity index is 1.61. The van der Waals surface area contributed by atoms with E-state index in [1.165, 1.54) is 34.7 Å². The smallest absolute Gasteiger partial charge is 0.278 e. The summed E-state index contributed by atoms with van der Waals surface area (Å²) in [5, 5.41) is 3.17. The number of halogens is 1. The fourth-order valence-corrected chi connectivity index (χ4v) is 4.04. The van der Waals surface area contributed by atoms with E-state index in [9.17, 15) is 14.0 Å². The standard InChI is InChI=1S/C26H30FN3O3/c1-26(2,3)19-6-10-21(11-7-19)28-23-22(18-4-8-20(27)9-5-18)24(31)30(25(23)32)13-12-29-14-16-33-17-15-29/h4-11,28H,12-17H2,1-3H3. The van der Waals surface area contributed by atoms with Gasteiger partial charge in [-0.05, 0) is 40.8 Å². The molecule has 2 aliphatic rings. The molecule has 0 unspecified atom stereocenters. The van der Waals surface area contributed by atoms with Crippen LogP contribution in [0.4, 0.5) is 10.1 Å². The number of hydrogen-bond donors (Lipinski definition) is 1. The summed E-state index contributed by atoms with van der Waals surface area (Å²) in [6, 6.07) is 13.5. The third kappa shape index (κ3) is 5.15. The quantitative estimate of drug-likeness (QED) is 0.680. The number of morpholine rings is 1. The molecule has 6 nitrogen and oxygen atoms in total. The molecule has 0 bridgehead atoms. The molecule has 2 aromatic rings. The lowest BCUT2D eigenvalue weighted by molar-refractivity contribution is -0.137. The first-order valence-electron chi connectivity index (χ1n) is 11.3. The van der Waals surface area contributed by atoms with Gasteiger partial charge in [-0.15, -0.1) is 0 Å². The molecule has 2 aromatic carbocycles. The zero-order valence-electron chi connectivity index (χ0n) is 19.4. The van der Waals surface area contributed by atoms with Crippen molar-refractivity contribution < 1.29 is 18.7 Å². The maximum Gasteiger partial charge on any atom is 0.278 e.